The molecular weight excluding hydrogens is 405 g/mol. The van der Waals surface area contributed by atoms with Gasteiger partial charge >= 0.3 is 0 Å². The summed E-state index contributed by atoms with van der Waals surface area (Å²) in [5.41, 5.74) is 5.88. The first-order valence-corrected chi connectivity index (χ1v) is 11.5. The summed E-state index contributed by atoms with van der Waals surface area (Å²) in [6.45, 7) is 9.66. The summed E-state index contributed by atoms with van der Waals surface area (Å²) in [4.78, 5) is 19.3. The Labute approximate surface area is 188 Å². The summed E-state index contributed by atoms with van der Waals surface area (Å²) in [7, 11) is 0. The number of aryl methyl sites for hydroxylation is 2. The number of benzene rings is 1. The van der Waals surface area contributed by atoms with E-state index in [9.17, 15) is 9.18 Å². The Morgan fingerprint density at radius 1 is 1.28 bits per heavy atom. The third kappa shape index (κ3) is 4.83. The van der Waals surface area contributed by atoms with Gasteiger partial charge in [0.2, 0.25) is 5.91 Å². The zero-order chi connectivity index (χ0) is 22.8. The lowest BCUT2D eigenvalue weighted by atomic mass is 10.1. The van der Waals surface area contributed by atoms with Crippen LogP contribution in [-0.4, -0.2) is 38.0 Å². The molecule has 1 atom stereocenters. The van der Waals surface area contributed by atoms with Crippen LogP contribution in [0.1, 0.15) is 67.4 Å². The Hall–Kier alpha value is -2.80. The van der Waals surface area contributed by atoms with Gasteiger partial charge in [0.1, 0.15) is 5.82 Å². The Balaban J connectivity index is 1.56. The predicted octanol–water partition coefficient (Wildman–Crippen LogP) is 4.28. The monoisotopic (exact) mass is 437 g/mol. The molecule has 3 aromatic rings. The Morgan fingerprint density at radius 2 is 2.09 bits per heavy atom. The molecule has 170 valence electrons. The summed E-state index contributed by atoms with van der Waals surface area (Å²) in [6.07, 6.45) is 3.20. The normalized spacial score (nSPS) is 16.9. The first-order chi connectivity index (χ1) is 15.3. The Bertz CT molecular complexity index is 1120. The average molecular weight is 438 g/mol. The van der Waals surface area contributed by atoms with Crippen LogP contribution in [0.5, 0.6) is 0 Å². The van der Waals surface area contributed by atoms with Crippen LogP contribution >= 0.6 is 0 Å². The number of halogens is 1. The second-order valence-electron chi connectivity index (χ2n) is 9.08. The third-order valence-corrected chi connectivity index (χ3v) is 6.21. The molecule has 0 saturated carbocycles. The first-order valence-electron chi connectivity index (χ1n) is 11.5. The molecule has 4 rings (SSSR count). The molecule has 0 spiro atoms. The molecule has 6 nitrogen and oxygen atoms in total. The van der Waals surface area contributed by atoms with Crippen molar-refractivity contribution in [1.29, 1.82) is 0 Å². The topological polar surface area (TPSA) is 62.5 Å². The van der Waals surface area contributed by atoms with Gasteiger partial charge in [0.25, 0.3) is 0 Å². The zero-order valence-electron chi connectivity index (χ0n) is 19.4. The predicted molar refractivity (Wildman–Crippen MR) is 123 cm³/mol. The van der Waals surface area contributed by atoms with E-state index in [1.165, 1.54) is 6.07 Å². The van der Waals surface area contributed by atoms with Crippen LogP contribution in [0.3, 0.4) is 0 Å². The maximum absolute atomic E-state index is 13.6. The van der Waals surface area contributed by atoms with Crippen molar-refractivity contribution >= 4 is 11.6 Å². The zero-order valence-corrected chi connectivity index (χ0v) is 19.4. The second kappa shape index (κ2) is 9.36. The largest absolute Gasteiger partial charge is 0.354 e. The molecule has 1 aliphatic heterocycles. The van der Waals surface area contributed by atoms with Crippen LogP contribution < -0.4 is 5.32 Å². The summed E-state index contributed by atoms with van der Waals surface area (Å²) < 4.78 is 15.5. The van der Waals surface area contributed by atoms with Crippen LogP contribution in [0.25, 0.3) is 5.65 Å². The average Bonchev–Trinajstić information content (AvgIpc) is 3.34. The van der Waals surface area contributed by atoms with Crippen molar-refractivity contribution in [3.63, 3.8) is 0 Å². The molecule has 1 amide bonds. The van der Waals surface area contributed by atoms with E-state index in [1.54, 1.807) is 12.1 Å². The molecule has 32 heavy (non-hydrogen) atoms. The van der Waals surface area contributed by atoms with Gasteiger partial charge in [-0.1, -0.05) is 12.1 Å². The van der Waals surface area contributed by atoms with Gasteiger partial charge in [-0.2, -0.15) is 5.10 Å². The number of fused-ring (bicyclic) bond motifs is 1. The van der Waals surface area contributed by atoms with Gasteiger partial charge in [0, 0.05) is 36.5 Å². The number of carbonyl (C=O) groups excluding carboxylic acids is 1. The van der Waals surface area contributed by atoms with Crippen molar-refractivity contribution in [2.24, 2.45) is 0 Å². The Morgan fingerprint density at radius 3 is 2.84 bits per heavy atom. The molecular formula is C25H32FN5O. The van der Waals surface area contributed by atoms with Crippen molar-refractivity contribution in [3.8, 4) is 0 Å². The molecule has 0 bridgehead atoms. The van der Waals surface area contributed by atoms with Crippen molar-refractivity contribution in [1.82, 2.24) is 24.8 Å². The quantitative estimate of drug-likeness (QED) is 0.599. The minimum absolute atomic E-state index is 0.0546. The van der Waals surface area contributed by atoms with Crippen LogP contribution in [-0.2, 0) is 17.8 Å². The fourth-order valence-electron chi connectivity index (χ4n) is 4.72. The number of nitrogens with one attached hydrogen (secondary N) is 1. The van der Waals surface area contributed by atoms with E-state index in [0.29, 0.717) is 19.4 Å². The number of nitrogens with zero attached hydrogens (tertiary/aromatic N) is 4. The minimum atomic E-state index is -0.198. The first kappa shape index (κ1) is 22.4. The maximum Gasteiger partial charge on any atom is 0.220 e. The molecule has 0 aliphatic carbocycles. The molecule has 1 aliphatic rings. The van der Waals surface area contributed by atoms with Gasteiger partial charge in [0.05, 0.1) is 11.7 Å². The highest BCUT2D eigenvalue weighted by Crippen LogP contribution is 2.33. The number of amides is 1. The van der Waals surface area contributed by atoms with E-state index in [1.807, 2.05) is 38.3 Å². The summed E-state index contributed by atoms with van der Waals surface area (Å²) in [5.74, 6) is -0.144. The number of aromatic nitrogens is 3. The van der Waals surface area contributed by atoms with E-state index < -0.39 is 0 Å². The van der Waals surface area contributed by atoms with Crippen LogP contribution in [0.15, 0.2) is 30.3 Å². The molecule has 1 aromatic carbocycles. The Kier molecular flexibility index (Phi) is 6.55. The molecule has 3 heterocycles. The van der Waals surface area contributed by atoms with E-state index >= 15 is 0 Å². The lowest BCUT2D eigenvalue weighted by Gasteiger charge is -2.23. The summed E-state index contributed by atoms with van der Waals surface area (Å²) >= 11 is 0. The lowest BCUT2D eigenvalue weighted by molar-refractivity contribution is -0.121. The highest BCUT2D eigenvalue weighted by molar-refractivity contribution is 5.76. The molecule has 7 heteroatoms. The highest BCUT2D eigenvalue weighted by atomic mass is 19.1. The summed E-state index contributed by atoms with van der Waals surface area (Å²) in [6, 6.07) is 9.23. The van der Waals surface area contributed by atoms with Gasteiger partial charge < -0.3 is 5.32 Å². The van der Waals surface area contributed by atoms with Crippen molar-refractivity contribution in [2.75, 3.05) is 6.54 Å². The van der Waals surface area contributed by atoms with E-state index in [2.05, 4.69) is 16.3 Å². The molecule has 0 unspecified atom stereocenters. The highest BCUT2D eigenvalue weighted by Gasteiger charge is 2.29. The lowest BCUT2D eigenvalue weighted by Crippen LogP contribution is -2.30. The van der Waals surface area contributed by atoms with E-state index in [0.717, 1.165) is 53.2 Å². The molecule has 1 fully saturated rings. The molecule has 1 N–H and O–H groups in total. The van der Waals surface area contributed by atoms with Gasteiger partial charge in [-0.3, -0.25) is 9.69 Å². The number of hydrogen-bond acceptors (Lipinski definition) is 4. The van der Waals surface area contributed by atoms with E-state index in [4.69, 9.17) is 10.1 Å². The van der Waals surface area contributed by atoms with Gasteiger partial charge in [-0.25, -0.2) is 13.9 Å². The van der Waals surface area contributed by atoms with Gasteiger partial charge in [-0.15, -0.1) is 0 Å². The van der Waals surface area contributed by atoms with Crippen molar-refractivity contribution < 1.29 is 9.18 Å². The molecule has 1 saturated heterocycles. The second-order valence-corrected chi connectivity index (χ2v) is 9.08. The van der Waals surface area contributed by atoms with Gasteiger partial charge in [0.15, 0.2) is 5.65 Å². The van der Waals surface area contributed by atoms with Crippen LogP contribution in [0, 0.1) is 19.7 Å². The van der Waals surface area contributed by atoms with Crippen molar-refractivity contribution in [3.05, 3.63) is 64.4 Å². The maximum atomic E-state index is 13.6. The SMILES string of the molecule is Cc1nc2cc([C@H]3CCCN3Cc3cccc(F)c3)nn2c(C)c1CCC(=O)NC(C)C. The number of rotatable bonds is 7. The molecule has 0 radical (unpaired) electrons. The number of hydrogen-bond donors (Lipinski definition) is 1. The standard InChI is InChI=1S/C25H32FN5O/c1-16(2)27-25(32)11-10-21-17(3)28-24-14-22(29-31(24)18(21)4)23-9-6-12-30(23)15-19-7-5-8-20(26)13-19/h5,7-8,13-14,16,23H,6,9-12,15H2,1-4H3,(H,27,32)/t23-/m1/s1. The van der Waals surface area contributed by atoms with Crippen LogP contribution in [0.2, 0.25) is 0 Å². The third-order valence-electron chi connectivity index (χ3n) is 6.21. The number of likely N-dealkylation sites (tertiary alicyclic amines) is 1. The van der Waals surface area contributed by atoms with E-state index in [-0.39, 0.29) is 23.8 Å². The van der Waals surface area contributed by atoms with Gasteiger partial charge in [-0.05, 0) is 76.8 Å². The minimum Gasteiger partial charge on any atom is -0.354 e. The smallest absolute Gasteiger partial charge is 0.220 e. The number of carbonyl (C=O) groups is 1. The summed E-state index contributed by atoms with van der Waals surface area (Å²) in [5, 5.41) is 7.87. The van der Waals surface area contributed by atoms with Crippen molar-refractivity contribution in [2.45, 2.75) is 72.0 Å². The van der Waals surface area contributed by atoms with Crippen LogP contribution in [0.4, 0.5) is 4.39 Å². The fraction of sp³-hybridized carbons (Fsp3) is 0.480. The molecule has 2 aromatic heterocycles. The fourth-order valence-corrected chi connectivity index (χ4v) is 4.72.